The summed E-state index contributed by atoms with van der Waals surface area (Å²) in [4.78, 5) is 5.62. The molecule has 0 aliphatic heterocycles. The first-order valence-electron chi connectivity index (χ1n) is 4.97. The molecule has 0 unspecified atom stereocenters. The quantitative estimate of drug-likeness (QED) is 0.788. The molecule has 0 aliphatic carbocycles. The monoisotopic (exact) mass is 324 g/mol. The van der Waals surface area contributed by atoms with Crippen LogP contribution in [0.2, 0.25) is 0 Å². The molecule has 1 aromatic carbocycles. The fraction of sp³-hybridized carbons (Fsp3) is 0.167. The molecule has 2 nitrogen and oxygen atoms in total. The lowest BCUT2D eigenvalue weighted by Gasteiger charge is -2.01. The number of nitriles is 1. The van der Waals surface area contributed by atoms with Gasteiger partial charge in [0.2, 0.25) is 0 Å². The summed E-state index contributed by atoms with van der Waals surface area (Å²) in [5.41, 5.74) is 0.875. The van der Waals surface area contributed by atoms with Crippen LogP contribution >= 0.6 is 39.0 Å². The lowest BCUT2D eigenvalue weighted by molar-refractivity contribution is 1.11. The zero-order valence-corrected chi connectivity index (χ0v) is 12.1. The Hall–Kier alpha value is -0.830. The molecule has 0 saturated carbocycles. The zero-order valence-electron chi connectivity index (χ0n) is 8.89. The van der Waals surface area contributed by atoms with Gasteiger partial charge in [-0.1, -0.05) is 12.1 Å². The summed E-state index contributed by atoms with van der Waals surface area (Å²) < 4.78 is 1.11. The summed E-state index contributed by atoms with van der Waals surface area (Å²) in [6.07, 6.45) is 0.399. The van der Waals surface area contributed by atoms with E-state index >= 15 is 0 Å². The molecule has 1 heterocycles. The molecule has 0 amide bonds. The number of halogens is 1. The summed E-state index contributed by atoms with van der Waals surface area (Å²) in [6.45, 7) is 0. The lowest BCUT2D eigenvalue weighted by atomic mass is 10.4. The molecule has 2 aromatic rings. The van der Waals surface area contributed by atoms with Crippen LogP contribution < -0.4 is 0 Å². The van der Waals surface area contributed by atoms with Crippen LogP contribution in [0.5, 0.6) is 0 Å². The fourth-order valence-corrected chi connectivity index (χ4v) is 3.66. The van der Waals surface area contributed by atoms with E-state index in [0.29, 0.717) is 6.42 Å². The van der Waals surface area contributed by atoms with Gasteiger partial charge in [0.15, 0.2) is 0 Å². The summed E-state index contributed by atoms with van der Waals surface area (Å²) in [5, 5.41) is 11.6. The van der Waals surface area contributed by atoms with Crippen molar-refractivity contribution in [3.8, 4) is 6.07 Å². The average Bonchev–Trinajstić information content (AvgIpc) is 2.76. The van der Waals surface area contributed by atoms with Crippen molar-refractivity contribution in [1.29, 1.82) is 5.26 Å². The van der Waals surface area contributed by atoms with Gasteiger partial charge in [-0.25, -0.2) is 4.98 Å². The lowest BCUT2D eigenvalue weighted by Crippen LogP contribution is -1.84. The number of nitrogens with zero attached hydrogens (tertiary/aromatic N) is 2. The van der Waals surface area contributed by atoms with Crippen molar-refractivity contribution in [3.63, 3.8) is 0 Å². The third-order valence-corrected chi connectivity index (χ3v) is 5.17. The van der Waals surface area contributed by atoms with Crippen LogP contribution in [0.4, 0.5) is 0 Å². The predicted octanol–water partition coefficient (Wildman–Crippen LogP) is 4.26. The van der Waals surface area contributed by atoms with Gasteiger partial charge in [0.1, 0.15) is 5.01 Å². The molecule has 2 rings (SSSR count). The first-order valence-corrected chi connectivity index (χ1v) is 7.63. The average molecular weight is 325 g/mol. The molecule has 0 saturated heterocycles. The molecular weight excluding hydrogens is 316 g/mol. The summed E-state index contributed by atoms with van der Waals surface area (Å²) in [5.74, 6) is 0.846. The predicted molar refractivity (Wildman–Crippen MR) is 75.1 cm³/mol. The SMILES string of the molecule is N#CCc1csc(CSc2ccccc2Br)n1. The van der Waals surface area contributed by atoms with Crippen LogP contribution in [0.15, 0.2) is 39.0 Å². The number of thioether (sulfide) groups is 1. The van der Waals surface area contributed by atoms with E-state index in [0.717, 1.165) is 20.9 Å². The molecular formula is C12H9BrN2S2. The van der Waals surface area contributed by atoms with Crippen molar-refractivity contribution < 1.29 is 0 Å². The molecule has 0 bridgehead atoms. The van der Waals surface area contributed by atoms with Crippen LogP contribution in [0, 0.1) is 11.3 Å². The highest BCUT2D eigenvalue weighted by molar-refractivity contribution is 9.10. The number of benzene rings is 1. The molecule has 0 fully saturated rings. The largest absolute Gasteiger partial charge is 0.244 e. The van der Waals surface area contributed by atoms with Crippen LogP contribution in [0.3, 0.4) is 0 Å². The minimum Gasteiger partial charge on any atom is -0.244 e. The van der Waals surface area contributed by atoms with Gasteiger partial charge in [-0.05, 0) is 28.1 Å². The Morgan fingerprint density at radius 3 is 3.00 bits per heavy atom. The smallest absolute Gasteiger partial charge is 0.103 e. The first kappa shape index (κ1) is 12.6. The Kier molecular flexibility index (Phi) is 4.60. The third kappa shape index (κ3) is 3.56. The normalized spacial score (nSPS) is 10.1. The number of thiazole rings is 1. The second kappa shape index (κ2) is 6.20. The Balaban J connectivity index is 1.98. The third-order valence-electron chi connectivity index (χ3n) is 2.05. The summed E-state index contributed by atoms with van der Waals surface area (Å²) >= 11 is 6.88. The molecule has 5 heteroatoms. The maximum atomic E-state index is 8.58. The maximum Gasteiger partial charge on any atom is 0.103 e. The highest BCUT2D eigenvalue weighted by Gasteiger charge is 2.04. The Labute approximate surface area is 117 Å². The van der Waals surface area contributed by atoms with Crippen molar-refractivity contribution in [2.75, 3.05) is 0 Å². The van der Waals surface area contributed by atoms with Crippen LogP contribution in [-0.4, -0.2) is 4.98 Å². The highest BCUT2D eigenvalue weighted by atomic mass is 79.9. The Morgan fingerprint density at radius 2 is 2.24 bits per heavy atom. The van der Waals surface area contributed by atoms with Crippen LogP contribution in [-0.2, 0) is 12.2 Å². The molecule has 0 atom stereocenters. The van der Waals surface area contributed by atoms with E-state index in [9.17, 15) is 0 Å². The van der Waals surface area contributed by atoms with E-state index in [1.807, 2.05) is 23.6 Å². The fourth-order valence-electron chi connectivity index (χ4n) is 1.28. The second-order valence-electron chi connectivity index (χ2n) is 3.29. The summed E-state index contributed by atoms with van der Waals surface area (Å²) in [7, 11) is 0. The van der Waals surface area contributed by atoms with Gasteiger partial charge in [-0.3, -0.25) is 0 Å². The van der Waals surface area contributed by atoms with E-state index < -0.39 is 0 Å². The topological polar surface area (TPSA) is 36.7 Å². The van der Waals surface area contributed by atoms with Crippen molar-refractivity contribution in [3.05, 3.63) is 44.8 Å². The van der Waals surface area contributed by atoms with Gasteiger partial charge in [0, 0.05) is 14.7 Å². The van der Waals surface area contributed by atoms with Crippen LogP contribution in [0.1, 0.15) is 10.7 Å². The van der Waals surface area contributed by atoms with Gasteiger partial charge in [0.05, 0.1) is 23.9 Å². The van der Waals surface area contributed by atoms with E-state index in [4.69, 9.17) is 5.26 Å². The van der Waals surface area contributed by atoms with E-state index in [2.05, 4.69) is 33.0 Å². The van der Waals surface area contributed by atoms with Crippen molar-refractivity contribution in [2.45, 2.75) is 17.1 Å². The van der Waals surface area contributed by atoms with Crippen molar-refractivity contribution in [1.82, 2.24) is 4.98 Å². The van der Waals surface area contributed by atoms with Crippen LogP contribution in [0.25, 0.3) is 0 Å². The number of hydrogen-bond acceptors (Lipinski definition) is 4. The molecule has 86 valence electrons. The maximum absolute atomic E-state index is 8.58. The molecule has 1 aromatic heterocycles. The van der Waals surface area contributed by atoms with Gasteiger partial charge in [-0.2, -0.15) is 5.26 Å². The van der Waals surface area contributed by atoms with Crippen molar-refractivity contribution >= 4 is 39.0 Å². The van der Waals surface area contributed by atoms with Gasteiger partial charge in [0.25, 0.3) is 0 Å². The number of rotatable bonds is 4. The van der Waals surface area contributed by atoms with E-state index in [1.54, 1.807) is 23.1 Å². The Morgan fingerprint density at radius 1 is 1.41 bits per heavy atom. The first-order chi connectivity index (χ1) is 8.29. The van der Waals surface area contributed by atoms with Gasteiger partial charge < -0.3 is 0 Å². The number of aromatic nitrogens is 1. The van der Waals surface area contributed by atoms with Crippen molar-refractivity contribution in [2.24, 2.45) is 0 Å². The molecule has 17 heavy (non-hydrogen) atoms. The summed E-state index contributed by atoms with van der Waals surface area (Å²) in [6, 6.07) is 10.3. The number of hydrogen-bond donors (Lipinski definition) is 0. The minimum absolute atomic E-state index is 0.399. The molecule has 0 aliphatic rings. The zero-order chi connectivity index (χ0) is 12.1. The highest BCUT2D eigenvalue weighted by Crippen LogP contribution is 2.30. The molecule has 0 spiro atoms. The Bertz CT molecular complexity index is 545. The van der Waals surface area contributed by atoms with Gasteiger partial charge >= 0.3 is 0 Å². The second-order valence-corrected chi connectivity index (χ2v) is 6.10. The standard InChI is InChI=1S/C12H9BrN2S2/c13-10-3-1-2-4-11(10)16-8-12-15-9(5-6-14)7-17-12/h1-4,7H,5,8H2. The van der Waals surface area contributed by atoms with Gasteiger partial charge in [-0.15, -0.1) is 23.1 Å². The molecule has 0 radical (unpaired) electrons. The van der Waals surface area contributed by atoms with E-state index in [-0.39, 0.29) is 0 Å². The minimum atomic E-state index is 0.399. The van der Waals surface area contributed by atoms with E-state index in [1.165, 1.54) is 4.90 Å². The molecule has 0 N–H and O–H groups in total.